The van der Waals surface area contributed by atoms with Crippen molar-refractivity contribution in [3.63, 3.8) is 0 Å². The van der Waals surface area contributed by atoms with Crippen molar-refractivity contribution in [1.82, 2.24) is 56.3 Å². The monoisotopic (exact) mass is 1100 g/mol. The highest BCUT2D eigenvalue weighted by atomic mass is 16.5. The molecule has 2 aliphatic heterocycles. The number of hydrogen-bond donors (Lipinski definition) is 8. The number of likely N-dealkylation sites (tertiary alicyclic amines) is 1. The van der Waals surface area contributed by atoms with Crippen molar-refractivity contribution in [1.29, 1.82) is 0 Å². The summed E-state index contributed by atoms with van der Waals surface area (Å²) in [5.74, 6) is -0.409. The Labute approximate surface area is 468 Å². The number of carbonyl (C=O) groups is 5. The number of unbranched alkanes of at least 4 members (excludes halogenated alkanes) is 3. The first-order valence-electron chi connectivity index (χ1n) is 27.3. The SMILES string of the molecule is C=CCNC(=O)c1cnc(Nc2ccc(N3CCN(CCCCCCOCC(=O)NC(C(=O)N4CCCC4C(=O)NCC4=CC=C(c5ccn[nH]5)C(=N/NC=O)/C4=C\C)C(C)(C)C)CC3)cc2)nc1Nc1cccc(C(C)(C)O)n1. The van der Waals surface area contributed by atoms with Crippen LogP contribution in [0.2, 0.25) is 0 Å². The van der Waals surface area contributed by atoms with Gasteiger partial charge in [-0.3, -0.25) is 34.0 Å². The van der Waals surface area contributed by atoms with E-state index < -0.39 is 23.1 Å². The maximum atomic E-state index is 14.2. The van der Waals surface area contributed by atoms with Gasteiger partial charge in [0.05, 0.1) is 17.1 Å². The summed E-state index contributed by atoms with van der Waals surface area (Å²) < 4.78 is 5.78. The lowest BCUT2D eigenvalue weighted by molar-refractivity contribution is -0.144. The number of hydrogen-bond acceptors (Lipinski definition) is 16. The number of rotatable bonds is 26. The second-order valence-electron chi connectivity index (χ2n) is 21.4. The summed E-state index contributed by atoms with van der Waals surface area (Å²) in [4.78, 5) is 85.3. The molecule has 0 saturated carbocycles. The predicted octanol–water partition coefficient (Wildman–Crippen LogP) is 5.63. The molecule has 426 valence electrons. The summed E-state index contributed by atoms with van der Waals surface area (Å²) in [7, 11) is 0. The van der Waals surface area contributed by atoms with E-state index in [0.29, 0.717) is 55.3 Å². The molecule has 3 aromatic heterocycles. The number of carbonyl (C=O) groups excluding carboxylic acids is 5. The Balaban J connectivity index is 0.796. The molecular formula is C58H77N15O7. The summed E-state index contributed by atoms with van der Waals surface area (Å²) in [6.45, 7) is 20.3. The maximum absolute atomic E-state index is 14.2. The highest BCUT2D eigenvalue weighted by molar-refractivity contribution is 6.34. The van der Waals surface area contributed by atoms with Crippen LogP contribution in [0, 0.1) is 5.41 Å². The van der Waals surface area contributed by atoms with Gasteiger partial charge >= 0.3 is 0 Å². The fraction of sp³-hybridized carbons (Fsp3) is 0.448. The molecule has 22 heteroatoms. The first-order chi connectivity index (χ1) is 38.5. The quantitative estimate of drug-likeness (QED) is 0.0164. The minimum absolute atomic E-state index is 0.165. The summed E-state index contributed by atoms with van der Waals surface area (Å²) in [5.41, 5.74) is 6.63. The Bertz CT molecular complexity index is 2920. The van der Waals surface area contributed by atoms with Crippen LogP contribution < -0.4 is 36.9 Å². The van der Waals surface area contributed by atoms with E-state index in [4.69, 9.17) is 4.74 Å². The van der Waals surface area contributed by atoms with E-state index in [-0.39, 0.29) is 60.7 Å². The van der Waals surface area contributed by atoms with Crippen molar-refractivity contribution in [3.8, 4) is 0 Å². The zero-order chi connectivity index (χ0) is 57.2. The lowest BCUT2D eigenvalue weighted by atomic mass is 9.85. The minimum atomic E-state index is -1.16. The van der Waals surface area contributed by atoms with E-state index in [0.717, 1.165) is 86.5 Å². The predicted molar refractivity (Wildman–Crippen MR) is 309 cm³/mol. The van der Waals surface area contributed by atoms with Gasteiger partial charge in [0.15, 0.2) is 0 Å². The second kappa shape index (κ2) is 28.2. The lowest BCUT2D eigenvalue weighted by Gasteiger charge is -2.36. The molecule has 80 heavy (non-hydrogen) atoms. The van der Waals surface area contributed by atoms with Gasteiger partial charge in [-0.2, -0.15) is 15.2 Å². The fourth-order valence-corrected chi connectivity index (χ4v) is 9.68. The molecular weight excluding hydrogens is 1020 g/mol. The fourth-order valence-electron chi connectivity index (χ4n) is 9.68. The Morgan fingerprint density at radius 2 is 1.71 bits per heavy atom. The van der Waals surface area contributed by atoms with Crippen LogP contribution in [0.5, 0.6) is 0 Å². The van der Waals surface area contributed by atoms with Gasteiger partial charge in [0.1, 0.15) is 41.5 Å². The Kier molecular flexibility index (Phi) is 21.0. The molecule has 8 N–H and O–H groups in total. The average molecular weight is 1100 g/mol. The van der Waals surface area contributed by atoms with Gasteiger partial charge in [0.2, 0.25) is 30.1 Å². The molecule has 3 aliphatic rings. The highest BCUT2D eigenvalue weighted by Crippen LogP contribution is 2.30. The maximum Gasteiger partial charge on any atom is 0.256 e. The smallest absolute Gasteiger partial charge is 0.256 e. The van der Waals surface area contributed by atoms with Crippen molar-refractivity contribution in [2.24, 2.45) is 10.5 Å². The molecule has 1 aromatic carbocycles. The number of benzene rings is 1. The van der Waals surface area contributed by atoms with E-state index in [1.165, 1.54) is 6.20 Å². The molecule has 2 atom stereocenters. The summed E-state index contributed by atoms with van der Waals surface area (Å²) in [6.07, 6.45) is 15.8. The van der Waals surface area contributed by atoms with Crippen molar-refractivity contribution in [3.05, 3.63) is 120 Å². The number of nitrogens with zero attached hydrogens (tertiary/aromatic N) is 8. The normalized spacial score (nSPS) is 17.3. The number of ether oxygens (including phenoxy) is 1. The number of nitrogens with one attached hydrogen (secondary N) is 7. The standard InChI is InChI=1S/C58H77N15O7/c1-8-26-59-53(76)44-36-61-56(68-52(44)66-48-18-14-17-47(65-48)58(6,7)79)64-40-20-22-41(23-21-40)72-32-30-71(31-33-72)28-12-10-11-13-34-80-37-49(75)67-51(57(3,4)5)55(78)73-29-15-16-46(73)54(77)60-35-39-19-24-43(45-25-27-62-69-45)50(42(39)9-2)70-63-38-74/h8-9,14,17-25,27,36,38,46,51,79H,1,10-13,15-16,26,28-35,37H2,2-7H3,(H,59,76)(H,60,77)(H,62,69)(H,63,74)(H,67,75)(H2,61,64,65,66,68)/b42-9-,70-50+. The molecule has 5 amide bonds. The minimum Gasteiger partial charge on any atom is -0.384 e. The average Bonchev–Trinajstić information content (AvgIpc) is 4.19. The number of aromatic nitrogens is 5. The largest absolute Gasteiger partial charge is 0.384 e. The topological polar surface area (TPSA) is 276 Å². The van der Waals surface area contributed by atoms with Gasteiger partial charge in [0.25, 0.3) is 5.91 Å². The van der Waals surface area contributed by atoms with Crippen LogP contribution in [0.3, 0.4) is 0 Å². The van der Waals surface area contributed by atoms with Crippen molar-refractivity contribution in [2.75, 3.05) is 81.1 Å². The van der Waals surface area contributed by atoms with Gasteiger partial charge in [-0.15, -0.1) is 6.58 Å². The van der Waals surface area contributed by atoms with Crippen molar-refractivity contribution in [2.45, 2.75) is 97.8 Å². The molecule has 22 nitrogen and oxygen atoms in total. The van der Waals surface area contributed by atoms with E-state index in [2.05, 4.69) is 90.8 Å². The highest BCUT2D eigenvalue weighted by Gasteiger charge is 2.42. The number of pyridine rings is 1. The summed E-state index contributed by atoms with van der Waals surface area (Å²) in [6, 6.07) is 13.6. The molecule has 7 rings (SSSR count). The molecule has 2 fully saturated rings. The first-order valence-corrected chi connectivity index (χ1v) is 27.3. The van der Waals surface area contributed by atoms with Crippen LogP contribution in [0.4, 0.5) is 29.0 Å². The third kappa shape index (κ3) is 16.3. The number of anilines is 5. The van der Waals surface area contributed by atoms with E-state index in [1.54, 1.807) is 55.3 Å². The second-order valence-corrected chi connectivity index (χ2v) is 21.4. The number of aromatic amines is 1. The van der Waals surface area contributed by atoms with Crippen LogP contribution in [0.15, 0.2) is 108 Å². The third-order valence-electron chi connectivity index (χ3n) is 14.0. The number of hydrazone groups is 1. The molecule has 2 unspecified atom stereocenters. The third-order valence-corrected chi connectivity index (χ3v) is 14.0. The van der Waals surface area contributed by atoms with E-state index >= 15 is 0 Å². The zero-order valence-corrected chi connectivity index (χ0v) is 46.8. The molecule has 0 spiro atoms. The Morgan fingerprint density at radius 1 is 0.938 bits per heavy atom. The Morgan fingerprint density at radius 3 is 2.41 bits per heavy atom. The summed E-state index contributed by atoms with van der Waals surface area (Å²) in [5, 5.41) is 36.8. The molecule has 4 aromatic rings. The van der Waals surface area contributed by atoms with Crippen LogP contribution in [-0.4, -0.2) is 153 Å². The zero-order valence-electron chi connectivity index (χ0n) is 46.8. The van der Waals surface area contributed by atoms with Gasteiger partial charge in [0, 0.05) is 87.3 Å². The molecule has 2 saturated heterocycles. The molecule has 0 radical (unpaired) electrons. The van der Waals surface area contributed by atoms with Gasteiger partial charge < -0.3 is 46.2 Å². The van der Waals surface area contributed by atoms with Gasteiger partial charge in [-0.1, -0.05) is 64.0 Å². The first kappa shape index (κ1) is 59.6. The van der Waals surface area contributed by atoms with Crippen molar-refractivity contribution < 1.29 is 33.8 Å². The Hall–Kier alpha value is -8.08. The number of amides is 5. The van der Waals surface area contributed by atoms with Gasteiger partial charge in [-0.05, 0) is 106 Å². The van der Waals surface area contributed by atoms with E-state index in [1.807, 2.05) is 58.1 Å². The number of allylic oxidation sites excluding steroid dienone is 4. The molecule has 1 aliphatic carbocycles. The number of piperazine rings is 1. The van der Waals surface area contributed by atoms with Gasteiger partial charge in [-0.25, -0.2) is 15.4 Å². The van der Waals surface area contributed by atoms with E-state index in [9.17, 15) is 29.1 Å². The van der Waals surface area contributed by atoms with Crippen LogP contribution >= 0.6 is 0 Å². The molecule has 0 bridgehead atoms. The van der Waals surface area contributed by atoms with Crippen LogP contribution in [-0.2, 0) is 29.5 Å². The van der Waals surface area contributed by atoms with Crippen LogP contribution in [0.1, 0.15) is 102 Å². The number of H-pyrrole nitrogens is 1. The van der Waals surface area contributed by atoms with Crippen LogP contribution in [0.25, 0.3) is 5.57 Å². The lowest BCUT2D eigenvalue weighted by Crippen LogP contribution is -2.58. The summed E-state index contributed by atoms with van der Waals surface area (Å²) >= 11 is 0. The van der Waals surface area contributed by atoms with Crippen molar-refractivity contribution >= 4 is 70.3 Å². The number of aliphatic hydroxyl groups is 1. The molecule has 5 heterocycles.